The lowest BCUT2D eigenvalue weighted by molar-refractivity contribution is -0.126. The zero-order chi connectivity index (χ0) is 25.9. The molecule has 0 fully saturated rings. The summed E-state index contributed by atoms with van der Waals surface area (Å²) < 4.78 is 6.80. The third-order valence-corrected chi connectivity index (χ3v) is 6.05. The quantitative estimate of drug-likeness (QED) is 0.202. The molecule has 0 bridgehead atoms. The van der Waals surface area contributed by atoms with Gasteiger partial charge < -0.3 is 10.1 Å². The average Bonchev–Trinajstić information content (AvgIpc) is 2.93. The summed E-state index contributed by atoms with van der Waals surface area (Å²) in [6.45, 7) is 0.202. The molecule has 0 saturated carbocycles. The van der Waals surface area contributed by atoms with E-state index in [1.807, 2.05) is 109 Å². The molecule has 0 aliphatic rings. The van der Waals surface area contributed by atoms with Crippen LogP contribution in [0.2, 0.25) is 0 Å². The standard InChI is InChI=1S/C30H26BrN3O3/c31-26-16-17-27(37-21-22-10-4-1-5-11-22)25(18-26)19-33-34-28(35)20-32-30(36)29(23-12-6-2-7-13-23)24-14-8-3-9-15-24/h1-19,29H,20-21H2,(H,32,36)(H,34,35)/b33-19+. The van der Waals surface area contributed by atoms with E-state index in [2.05, 4.69) is 31.8 Å². The zero-order valence-electron chi connectivity index (χ0n) is 20.0. The first kappa shape index (κ1) is 25.9. The van der Waals surface area contributed by atoms with Crippen molar-refractivity contribution < 1.29 is 14.3 Å². The van der Waals surface area contributed by atoms with Gasteiger partial charge in [0.15, 0.2) is 0 Å². The minimum atomic E-state index is -0.523. The number of benzene rings is 4. The third kappa shape index (κ3) is 7.62. The van der Waals surface area contributed by atoms with Gasteiger partial charge in [0, 0.05) is 10.0 Å². The Kier molecular flexibility index (Phi) is 9.21. The highest BCUT2D eigenvalue weighted by Crippen LogP contribution is 2.25. The van der Waals surface area contributed by atoms with Crippen LogP contribution in [0.3, 0.4) is 0 Å². The first-order valence-corrected chi connectivity index (χ1v) is 12.6. The van der Waals surface area contributed by atoms with Crippen molar-refractivity contribution in [2.75, 3.05) is 6.54 Å². The number of carbonyl (C=O) groups excluding carboxylic acids is 2. The van der Waals surface area contributed by atoms with E-state index in [4.69, 9.17) is 4.74 Å². The van der Waals surface area contributed by atoms with Gasteiger partial charge in [0.1, 0.15) is 12.4 Å². The number of hydrogen-bond donors (Lipinski definition) is 2. The van der Waals surface area contributed by atoms with Gasteiger partial charge in [-0.3, -0.25) is 9.59 Å². The van der Waals surface area contributed by atoms with Crippen LogP contribution in [0.4, 0.5) is 0 Å². The molecule has 186 valence electrons. The van der Waals surface area contributed by atoms with Gasteiger partial charge in [-0.15, -0.1) is 0 Å². The summed E-state index contributed by atoms with van der Waals surface area (Å²) in [5.41, 5.74) is 5.91. The van der Waals surface area contributed by atoms with Crippen molar-refractivity contribution in [3.8, 4) is 5.75 Å². The second-order valence-electron chi connectivity index (χ2n) is 8.22. The summed E-state index contributed by atoms with van der Waals surface area (Å²) in [5, 5.41) is 6.79. The number of nitrogens with one attached hydrogen (secondary N) is 2. The molecule has 2 N–H and O–H groups in total. The second kappa shape index (κ2) is 13.2. The molecule has 4 aromatic carbocycles. The molecule has 0 saturated heterocycles. The van der Waals surface area contributed by atoms with Gasteiger partial charge in [-0.1, -0.05) is 107 Å². The number of hydrazone groups is 1. The van der Waals surface area contributed by atoms with E-state index < -0.39 is 11.8 Å². The monoisotopic (exact) mass is 555 g/mol. The van der Waals surface area contributed by atoms with Crippen molar-refractivity contribution in [2.24, 2.45) is 5.10 Å². The molecule has 0 atom stereocenters. The van der Waals surface area contributed by atoms with Crippen LogP contribution < -0.4 is 15.5 Å². The fourth-order valence-corrected chi connectivity index (χ4v) is 4.13. The number of halogens is 1. The lowest BCUT2D eigenvalue weighted by Crippen LogP contribution is -2.37. The Labute approximate surface area is 224 Å². The zero-order valence-corrected chi connectivity index (χ0v) is 21.6. The van der Waals surface area contributed by atoms with Crippen molar-refractivity contribution in [2.45, 2.75) is 12.5 Å². The first-order chi connectivity index (χ1) is 18.1. The highest BCUT2D eigenvalue weighted by Gasteiger charge is 2.22. The molecule has 0 spiro atoms. The van der Waals surface area contributed by atoms with Crippen molar-refractivity contribution in [1.82, 2.24) is 10.7 Å². The Morgan fingerprint density at radius 3 is 2.05 bits per heavy atom. The predicted octanol–water partition coefficient (Wildman–Crippen LogP) is 5.43. The van der Waals surface area contributed by atoms with Crippen LogP contribution in [-0.2, 0) is 16.2 Å². The van der Waals surface area contributed by atoms with Crippen LogP contribution in [0.15, 0.2) is 119 Å². The summed E-state index contributed by atoms with van der Waals surface area (Å²) in [5.74, 6) is -0.594. The molecule has 6 nitrogen and oxygen atoms in total. The summed E-state index contributed by atoms with van der Waals surface area (Å²) in [7, 11) is 0. The van der Waals surface area contributed by atoms with Gasteiger partial charge in [0.05, 0.1) is 18.7 Å². The molecule has 4 rings (SSSR count). The van der Waals surface area contributed by atoms with Crippen LogP contribution in [0.25, 0.3) is 0 Å². The molecule has 2 amide bonds. The van der Waals surface area contributed by atoms with Crippen LogP contribution in [0.5, 0.6) is 5.75 Å². The summed E-state index contributed by atoms with van der Waals surface area (Å²) >= 11 is 3.45. The Hall–Kier alpha value is -4.23. The molecule has 0 unspecified atom stereocenters. The maximum atomic E-state index is 13.1. The Morgan fingerprint density at radius 1 is 0.838 bits per heavy atom. The third-order valence-electron chi connectivity index (χ3n) is 5.55. The number of amides is 2. The van der Waals surface area contributed by atoms with E-state index in [1.54, 1.807) is 0 Å². The van der Waals surface area contributed by atoms with E-state index in [1.165, 1.54) is 6.21 Å². The van der Waals surface area contributed by atoms with Gasteiger partial charge >= 0.3 is 0 Å². The van der Waals surface area contributed by atoms with Crippen LogP contribution in [0.1, 0.15) is 28.2 Å². The highest BCUT2D eigenvalue weighted by molar-refractivity contribution is 9.10. The molecule has 4 aromatic rings. The molecular formula is C30H26BrN3O3. The fourth-order valence-electron chi connectivity index (χ4n) is 3.76. The van der Waals surface area contributed by atoms with E-state index in [0.29, 0.717) is 17.9 Å². The normalized spacial score (nSPS) is 10.9. The number of hydrogen-bond acceptors (Lipinski definition) is 4. The fraction of sp³-hybridized carbons (Fsp3) is 0.100. The van der Waals surface area contributed by atoms with E-state index in [9.17, 15) is 9.59 Å². The van der Waals surface area contributed by atoms with Crippen molar-refractivity contribution in [3.05, 3.63) is 136 Å². The minimum absolute atomic E-state index is 0.206. The van der Waals surface area contributed by atoms with Crippen LogP contribution >= 0.6 is 15.9 Å². The van der Waals surface area contributed by atoms with Gasteiger partial charge in [-0.2, -0.15) is 5.10 Å². The van der Waals surface area contributed by atoms with E-state index >= 15 is 0 Å². The molecule has 0 radical (unpaired) electrons. The topological polar surface area (TPSA) is 79.8 Å². The SMILES string of the molecule is O=C(CNC(=O)C(c1ccccc1)c1ccccc1)N/N=C/c1cc(Br)ccc1OCc1ccccc1. The van der Waals surface area contributed by atoms with Crippen LogP contribution in [-0.4, -0.2) is 24.6 Å². The molecule has 37 heavy (non-hydrogen) atoms. The summed E-state index contributed by atoms with van der Waals surface area (Å²) in [6, 6.07) is 34.4. The Balaban J connectivity index is 1.35. The summed E-state index contributed by atoms with van der Waals surface area (Å²) in [4.78, 5) is 25.5. The molecule has 0 aliphatic heterocycles. The Morgan fingerprint density at radius 2 is 1.43 bits per heavy atom. The van der Waals surface area contributed by atoms with E-state index in [0.717, 1.165) is 21.2 Å². The summed E-state index contributed by atoms with van der Waals surface area (Å²) in [6.07, 6.45) is 1.52. The number of carbonyl (C=O) groups is 2. The minimum Gasteiger partial charge on any atom is -0.488 e. The largest absolute Gasteiger partial charge is 0.488 e. The average molecular weight is 556 g/mol. The smallest absolute Gasteiger partial charge is 0.259 e. The number of ether oxygens (including phenoxy) is 1. The van der Waals surface area contributed by atoms with Gasteiger partial charge in [-0.25, -0.2) is 5.43 Å². The molecule has 0 aliphatic carbocycles. The second-order valence-corrected chi connectivity index (χ2v) is 9.14. The molecule has 0 heterocycles. The highest BCUT2D eigenvalue weighted by atomic mass is 79.9. The predicted molar refractivity (Wildman–Crippen MR) is 148 cm³/mol. The van der Waals surface area contributed by atoms with Gasteiger partial charge in [0.2, 0.25) is 5.91 Å². The number of nitrogens with zero attached hydrogens (tertiary/aromatic N) is 1. The molecule has 7 heteroatoms. The van der Waals surface area contributed by atoms with Gasteiger partial charge in [0.25, 0.3) is 5.91 Å². The Bertz CT molecular complexity index is 1310. The van der Waals surface area contributed by atoms with Crippen LogP contribution in [0, 0.1) is 0 Å². The lowest BCUT2D eigenvalue weighted by atomic mass is 9.90. The van der Waals surface area contributed by atoms with Crippen molar-refractivity contribution in [1.29, 1.82) is 0 Å². The van der Waals surface area contributed by atoms with Crippen molar-refractivity contribution >= 4 is 34.0 Å². The first-order valence-electron chi connectivity index (χ1n) is 11.8. The van der Waals surface area contributed by atoms with Gasteiger partial charge in [-0.05, 0) is 34.9 Å². The maximum absolute atomic E-state index is 13.1. The van der Waals surface area contributed by atoms with Crippen molar-refractivity contribution in [3.63, 3.8) is 0 Å². The molecular weight excluding hydrogens is 530 g/mol. The maximum Gasteiger partial charge on any atom is 0.259 e. The lowest BCUT2D eigenvalue weighted by Gasteiger charge is -2.17. The molecule has 0 aromatic heterocycles. The van der Waals surface area contributed by atoms with E-state index in [-0.39, 0.29) is 12.5 Å². The number of rotatable bonds is 10.